The molecule has 10 N–H and O–H groups in total. The van der Waals surface area contributed by atoms with E-state index in [-0.39, 0.29) is 42.4 Å². The molecule has 1 saturated heterocycles. The number of aliphatic hydroxyl groups is 9. The Balaban J connectivity index is 0.000000811. The van der Waals surface area contributed by atoms with Crippen molar-refractivity contribution in [2.45, 2.75) is 243 Å². The van der Waals surface area contributed by atoms with Crippen molar-refractivity contribution in [1.82, 2.24) is 4.90 Å². The fraction of sp³-hybridized carbons (Fsp3) is 0.956. The molecule has 0 amide bonds. The average Bonchev–Trinajstić information content (AvgIpc) is 3.56. The molecule has 2 aliphatic rings. The molecule has 14 nitrogen and oxygen atoms in total. The Morgan fingerprint density at radius 3 is 1.32 bits per heavy atom. The molecule has 59 heavy (non-hydrogen) atoms. The number of aliphatic carboxylic acids is 1. The number of unbranched alkanes of at least 4 members (excludes halogenated alkanes) is 16. The molecular weight excluding hydrogens is 762 g/mol. The zero-order valence-electron chi connectivity index (χ0n) is 37.3. The molecule has 3 unspecified atom stereocenters. The highest BCUT2D eigenvalue weighted by atomic mass is 16.8. The van der Waals surface area contributed by atoms with E-state index in [1.807, 2.05) is 0 Å². The van der Waals surface area contributed by atoms with Crippen molar-refractivity contribution in [3.05, 3.63) is 0 Å². The maximum Gasteiger partial charge on any atom is 0.338 e. The van der Waals surface area contributed by atoms with Gasteiger partial charge in [-0.25, -0.2) is 4.90 Å². The van der Waals surface area contributed by atoms with Gasteiger partial charge in [0.1, 0.15) is 6.10 Å². The Labute approximate surface area is 355 Å². The number of esters is 1. The number of carboxylic acids is 1. The minimum absolute atomic E-state index is 0.0898. The van der Waals surface area contributed by atoms with Crippen LogP contribution in [0.15, 0.2) is 0 Å². The monoisotopic (exact) mass is 850 g/mol. The van der Waals surface area contributed by atoms with Crippen molar-refractivity contribution in [2.24, 2.45) is 17.3 Å². The van der Waals surface area contributed by atoms with Gasteiger partial charge in [-0.1, -0.05) is 156 Å². The van der Waals surface area contributed by atoms with Gasteiger partial charge in [0.25, 0.3) is 11.7 Å². The van der Waals surface area contributed by atoms with Crippen LogP contribution in [0, 0.1) is 17.3 Å². The van der Waals surface area contributed by atoms with Gasteiger partial charge >= 0.3 is 23.7 Å². The number of ether oxygens (including phenoxy) is 1. The van der Waals surface area contributed by atoms with Gasteiger partial charge in [0.2, 0.25) is 0 Å². The summed E-state index contributed by atoms with van der Waals surface area (Å²) in [6.07, 6.45) is 29.4. The zero-order valence-corrected chi connectivity index (χ0v) is 37.3. The number of hydrogen-bond donors (Lipinski definition) is 10. The number of carboxylic acid groups (broad SMARTS) is 1. The Morgan fingerprint density at radius 2 is 0.932 bits per heavy atom. The SMILES string of the molecule is CCCCCCCCC(CCCCCC)C(=O)O.CCCCCCCCC(CCCCCC)C(=O)OC1CCC2(CCN(C(O)(O)C(O)(O)C(O)(O)C(O)(O)O)CC2)C1. The van der Waals surface area contributed by atoms with Crippen molar-refractivity contribution in [2.75, 3.05) is 13.1 Å². The summed E-state index contributed by atoms with van der Waals surface area (Å²) >= 11 is 0. The Hall–Kier alpha value is -1.46. The smallest absolute Gasteiger partial charge is 0.338 e. The van der Waals surface area contributed by atoms with E-state index in [1.54, 1.807) is 0 Å². The van der Waals surface area contributed by atoms with Crippen molar-refractivity contribution in [3.63, 3.8) is 0 Å². The fourth-order valence-corrected chi connectivity index (χ4v) is 8.70. The summed E-state index contributed by atoms with van der Waals surface area (Å²) in [4.78, 5) is 25.1. The van der Waals surface area contributed by atoms with Crippen LogP contribution >= 0.6 is 0 Å². The van der Waals surface area contributed by atoms with E-state index < -0.39 is 29.4 Å². The molecule has 1 spiro atoms. The van der Waals surface area contributed by atoms with Crippen molar-refractivity contribution in [3.8, 4) is 0 Å². The second-order valence-electron chi connectivity index (χ2n) is 17.9. The van der Waals surface area contributed by atoms with Crippen LogP contribution in [0.2, 0.25) is 0 Å². The highest BCUT2D eigenvalue weighted by Crippen LogP contribution is 2.49. The van der Waals surface area contributed by atoms with Crippen LogP contribution in [-0.2, 0) is 14.3 Å². The summed E-state index contributed by atoms with van der Waals surface area (Å²) in [5.41, 5.74) is -0.286. The van der Waals surface area contributed by atoms with Crippen LogP contribution < -0.4 is 0 Å². The van der Waals surface area contributed by atoms with Crippen LogP contribution in [0.4, 0.5) is 0 Å². The van der Waals surface area contributed by atoms with Gasteiger partial charge in [0, 0.05) is 13.1 Å². The van der Waals surface area contributed by atoms with Crippen LogP contribution in [0.3, 0.4) is 0 Å². The highest BCUT2D eigenvalue weighted by Gasteiger charge is 2.72. The molecule has 1 heterocycles. The zero-order chi connectivity index (χ0) is 44.6. The first-order chi connectivity index (χ1) is 27.8. The normalized spacial score (nSPS) is 18.7. The number of nitrogens with zero attached hydrogens (tertiary/aromatic N) is 1. The molecule has 3 atom stereocenters. The van der Waals surface area contributed by atoms with Crippen molar-refractivity contribution < 1.29 is 65.4 Å². The lowest BCUT2D eigenvalue weighted by Crippen LogP contribution is -2.80. The van der Waals surface area contributed by atoms with Crippen LogP contribution in [-0.4, -0.2) is 111 Å². The molecule has 1 aliphatic carbocycles. The largest absolute Gasteiger partial charge is 0.481 e. The summed E-state index contributed by atoms with van der Waals surface area (Å²) in [6.45, 7) is 8.50. The van der Waals surface area contributed by atoms with E-state index in [0.29, 0.717) is 25.7 Å². The maximum atomic E-state index is 13.2. The second-order valence-corrected chi connectivity index (χ2v) is 17.9. The molecule has 14 heteroatoms. The fourth-order valence-electron chi connectivity index (χ4n) is 8.70. The lowest BCUT2D eigenvalue weighted by molar-refractivity contribution is -0.558. The highest BCUT2D eigenvalue weighted by molar-refractivity contribution is 5.72. The van der Waals surface area contributed by atoms with E-state index in [9.17, 15) is 45.3 Å². The molecule has 0 radical (unpaired) electrons. The third-order valence-corrected chi connectivity index (χ3v) is 12.9. The van der Waals surface area contributed by atoms with Crippen LogP contribution in [0.25, 0.3) is 0 Å². The van der Waals surface area contributed by atoms with Gasteiger partial charge in [-0.15, -0.1) is 0 Å². The summed E-state index contributed by atoms with van der Waals surface area (Å²) in [6, 6.07) is 0. The number of carbonyl (C=O) groups excluding carboxylic acids is 1. The topological polar surface area (TPSA) is 249 Å². The van der Waals surface area contributed by atoms with Crippen molar-refractivity contribution in [1.29, 1.82) is 0 Å². The molecule has 2 fully saturated rings. The quantitative estimate of drug-likeness (QED) is 0.0202. The standard InChI is InChI=1S/C29H55NO11.C16H32O2/c1-3-5-7-9-10-12-14-22(13-11-8-6-4-2)24(31)41-23-15-16-25(21-23)17-19-30(20-18-25)28(36,37)26(32,33)27(34,35)29(38,39)40;1-3-5-7-9-10-12-14-15(16(17)18)13-11-8-6-4-2/h22-23,32-40H,3-21H2,1-2H3;15H,3-14H2,1-2H3,(H,17,18). The number of carbonyl (C=O) groups is 2. The third-order valence-electron chi connectivity index (χ3n) is 12.9. The third kappa shape index (κ3) is 18.8. The molecule has 2 rings (SSSR count). The number of rotatable bonds is 31. The minimum Gasteiger partial charge on any atom is -0.481 e. The molecule has 0 aromatic rings. The first-order valence-electron chi connectivity index (χ1n) is 23.5. The van der Waals surface area contributed by atoms with Gasteiger partial charge in [0.15, 0.2) is 0 Å². The van der Waals surface area contributed by atoms with Gasteiger partial charge in [-0.2, -0.15) is 0 Å². The van der Waals surface area contributed by atoms with E-state index in [1.165, 1.54) is 77.0 Å². The molecule has 0 bridgehead atoms. The summed E-state index contributed by atoms with van der Waals surface area (Å²) in [5.74, 6) is -18.1. The first-order valence-corrected chi connectivity index (χ1v) is 23.5. The Kier molecular flexibility index (Phi) is 26.6. The number of likely N-dealkylation sites (tertiary alicyclic amines) is 1. The molecule has 1 aliphatic heterocycles. The van der Waals surface area contributed by atoms with E-state index in [4.69, 9.17) is 20.1 Å². The van der Waals surface area contributed by atoms with Gasteiger partial charge in [-0.05, 0) is 63.2 Å². The predicted octanol–water partition coefficient (Wildman–Crippen LogP) is 6.54. The summed E-state index contributed by atoms with van der Waals surface area (Å²) < 4.78 is 6.00. The van der Waals surface area contributed by atoms with Gasteiger partial charge < -0.3 is 55.8 Å². The van der Waals surface area contributed by atoms with Crippen LogP contribution in [0.5, 0.6) is 0 Å². The lowest BCUT2D eigenvalue weighted by Gasteiger charge is -2.51. The first kappa shape index (κ1) is 55.6. The Morgan fingerprint density at radius 1 is 0.559 bits per heavy atom. The average molecular weight is 850 g/mol. The van der Waals surface area contributed by atoms with Gasteiger partial charge in [0.05, 0.1) is 11.8 Å². The number of hydrogen-bond acceptors (Lipinski definition) is 13. The molecule has 1 saturated carbocycles. The van der Waals surface area contributed by atoms with Crippen LogP contribution in [0.1, 0.15) is 214 Å². The van der Waals surface area contributed by atoms with Gasteiger partial charge in [-0.3, -0.25) is 9.59 Å². The number of piperidine rings is 1. The lowest BCUT2D eigenvalue weighted by atomic mass is 9.76. The van der Waals surface area contributed by atoms with E-state index in [2.05, 4.69) is 27.7 Å². The summed E-state index contributed by atoms with van der Waals surface area (Å²) in [7, 11) is 0. The van der Waals surface area contributed by atoms with E-state index in [0.717, 1.165) is 88.4 Å². The Bertz CT molecular complexity index is 1120. The summed E-state index contributed by atoms with van der Waals surface area (Å²) in [5, 5.41) is 97.0. The van der Waals surface area contributed by atoms with E-state index >= 15 is 0 Å². The predicted molar refractivity (Wildman–Crippen MR) is 226 cm³/mol. The molecular formula is C45H87NO13. The minimum atomic E-state index is -4.53. The second kappa shape index (κ2) is 28.3. The molecule has 0 aromatic carbocycles. The maximum absolute atomic E-state index is 13.2. The molecule has 0 aromatic heterocycles. The van der Waals surface area contributed by atoms with Crippen molar-refractivity contribution >= 4 is 11.9 Å². The molecule has 350 valence electrons.